The van der Waals surface area contributed by atoms with Gasteiger partial charge in [0.2, 0.25) is 0 Å². The number of aromatic amines is 1. The maximum absolute atomic E-state index is 4.85. The van der Waals surface area contributed by atoms with Crippen LogP contribution in [0.1, 0.15) is 0 Å². The van der Waals surface area contributed by atoms with Crippen molar-refractivity contribution in [1.82, 2.24) is 4.98 Å². The molecule has 1 heterocycles. The van der Waals surface area contributed by atoms with E-state index < -0.39 is 0 Å². The van der Waals surface area contributed by atoms with Crippen LogP contribution in [0.5, 0.6) is 0 Å². The van der Waals surface area contributed by atoms with Crippen LogP contribution in [0.4, 0.5) is 0 Å². The van der Waals surface area contributed by atoms with Gasteiger partial charge in [-0.15, -0.1) is 6.20 Å². The summed E-state index contributed by atoms with van der Waals surface area (Å²) < 4.78 is 0. The summed E-state index contributed by atoms with van der Waals surface area (Å²) in [4.78, 5) is 2.74. The first-order valence-corrected chi connectivity index (χ1v) is 6.24. The zero-order valence-corrected chi connectivity index (χ0v) is 8.09. The van der Waals surface area contributed by atoms with E-state index in [4.69, 9.17) is 19.4 Å². The van der Waals surface area contributed by atoms with Crippen LogP contribution in [0.3, 0.4) is 0 Å². The van der Waals surface area contributed by atoms with Gasteiger partial charge in [0, 0.05) is 0 Å². The first kappa shape index (κ1) is 12.2. The minimum atomic E-state index is -0.346. The summed E-state index contributed by atoms with van der Waals surface area (Å²) in [7, 11) is 9.71. The molecule has 0 aliphatic heterocycles. The summed E-state index contributed by atoms with van der Waals surface area (Å²) in [6.07, 6.45) is 4.56. The first-order chi connectivity index (χ1) is 3.91. The molecular weight excluding hydrogens is 246 g/mol. The molecule has 0 fully saturated rings. The van der Waals surface area contributed by atoms with E-state index in [0.717, 1.165) is 0 Å². The molecule has 0 bridgehead atoms. The fourth-order valence-electron chi connectivity index (χ4n) is 0.241. The Labute approximate surface area is 71.4 Å². The molecule has 0 aromatic carbocycles. The van der Waals surface area contributed by atoms with Gasteiger partial charge in [-0.3, -0.25) is 0 Å². The maximum Gasteiger partial charge on any atom is -0.108 e. The van der Waals surface area contributed by atoms with Crippen LogP contribution >= 0.6 is 19.4 Å². The molecule has 0 saturated carbocycles. The number of aromatic nitrogens is 1. The minimum Gasteiger partial charge on any atom is -0.484 e. The number of nitrogens with one attached hydrogen (secondary N) is 1. The van der Waals surface area contributed by atoms with Crippen molar-refractivity contribution < 1.29 is 15.1 Å². The van der Waals surface area contributed by atoms with Gasteiger partial charge in [-0.25, -0.2) is 0 Å². The van der Waals surface area contributed by atoms with Gasteiger partial charge in [-0.05, 0) is 0 Å². The molecule has 0 aliphatic rings. The van der Waals surface area contributed by atoms with E-state index in [0.29, 0.717) is 0 Å². The monoisotopic (exact) mass is 253 g/mol. The zero-order valence-electron chi connectivity index (χ0n) is 4.84. The molecule has 1 rings (SSSR count). The molecule has 1 aromatic heterocycles. The Kier molecular flexibility index (Phi) is 15.3. The Hall–Kier alpha value is 0.483. The van der Waals surface area contributed by atoms with E-state index in [1.54, 1.807) is 0 Å². The Morgan fingerprint density at radius 2 is 2.00 bits per heavy atom. The first-order valence-electron chi connectivity index (χ1n) is 1.76. The molecule has 0 atom stereocenters. The summed E-state index contributed by atoms with van der Waals surface area (Å²) >= 11 is -0.346. The Morgan fingerprint density at radius 3 is 2.11 bits per heavy atom. The number of rotatable bonds is 0. The molecule has 1 N–H and O–H groups in total. The molecule has 1 aromatic rings. The quantitative estimate of drug-likeness (QED) is 0.540. The maximum atomic E-state index is 4.85. The van der Waals surface area contributed by atoms with E-state index in [1.807, 2.05) is 18.3 Å². The largest absolute Gasteiger partial charge is 0.484 e. The molecule has 9 heavy (non-hydrogen) atoms. The summed E-state index contributed by atoms with van der Waals surface area (Å²) in [5.74, 6) is 0. The molecule has 0 aliphatic carbocycles. The van der Waals surface area contributed by atoms with Crippen LogP contribution in [0.15, 0.2) is 18.3 Å². The van der Waals surface area contributed by atoms with Gasteiger partial charge in [0.1, 0.15) is 0 Å². The predicted octanol–water partition coefficient (Wildman–Crippen LogP) is 2.64. The van der Waals surface area contributed by atoms with Crippen LogP contribution in [0.25, 0.3) is 0 Å². The fraction of sp³-hybridized carbons (Fsp3) is 0. The summed E-state index contributed by atoms with van der Waals surface area (Å²) in [6, 6.07) is 3.71. The second kappa shape index (κ2) is 11.3. The normalized spacial score (nSPS) is 6.44. The van der Waals surface area contributed by atoms with Gasteiger partial charge in [-0.2, -0.15) is 18.3 Å². The molecule has 4 heteroatoms. The number of H-pyrrole nitrogens is 1. The van der Waals surface area contributed by atoms with Crippen molar-refractivity contribution in [2.24, 2.45) is 0 Å². The van der Waals surface area contributed by atoms with E-state index in [2.05, 4.69) is 11.2 Å². The second-order valence-electron chi connectivity index (χ2n) is 0.865. The molecule has 0 amide bonds. The van der Waals surface area contributed by atoms with Gasteiger partial charge in [0.15, 0.2) is 0 Å². The van der Waals surface area contributed by atoms with Gasteiger partial charge in [-0.1, -0.05) is 0 Å². The van der Waals surface area contributed by atoms with E-state index in [1.165, 1.54) is 0 Å². The van der Waals surface area contributed by atoms with Crippen molar-refractivity contribution in [3.8, 4) is 0 Å². The average Bonchev–Trinajstić information content (AvgIpc) is 2.17. The van der Waals surface area contributed by atoms with Gasteiger partial charge in [0.05, 0.1) is 0 Å². The van der Waals surface area contributed by atoms with Crippen LogP contribution in [-0.4, -0.2) is 4.98 Å². The third kappa shape index (κ3) is 11.9. The summed E-state index contributed by atoms with van der Waals surface area (Å²) in [6.45, 7) is 0. The number of hydrogen-bond donors (Lipinski definition) is 1. The Balaban J connectivity index is 0. The SMILES string of the molecule is [CH3-].[Cl][Ru+2][Cl].[c-]1ccc[nH]1. The third-order valence-corrected chi connectivity index (χ3v) is 0.442. The topological polar surface area (TPSA) is 15.8 Å². The number of hydrogen-bond acceptors (Lipinski definition) is 0. The van der Waals surface area contributed by atoms with Gasteiger partial charge in [0.25, 0.3) is 0 Å². The van der Waals surface area contributed by atoms with E-state index in [-0.39, 0.29) is 22.6 Å². The molecular formula is C5H7Cl2NRu. The summed E-state index contributed by atoms with van der Waals surface area (Å²) in [5.41, 5.74) is 0. The number of halogens is 2. The van der Waals surface area contributed by atoms with Crippen LogP contribution in [-0.2, 0) is 15.1 Å². The molecule has 54 valence electrons. The van der Waals surface area contributed by atoms with Gasteiger partial charge < -0.3 is 12.4 Å². The van der Waals surface area contributed by atoms with Gasteiger partial charge >= 0.3 is 34.5 Å². The molecule has 0 saturated heterocycles. The van der Waals surface area contributed by atoms with E-state index >= 15 is 0 Å². The van der Waals surface area contributed by atoms with E-state index in [9.17, 15) is 0 Å². The Morgan fingerprint density at radius 1 is 1.44 bits per heavy atom. The van der Waals surface area contributed by atoms with Crippen molar-refractivity contribution in [2.45, 2.75) is 0 Å². The standard InChI is InChI=1S/C4H4N.CH3.2ClH.Ru/c1-2-4-5-3-1;;;;/h1-3,5H;1H3;2*1H;/q2*-1;;;+4/p-2. The van der Waals surface area contributed by atoms with Crippen molar-refractivity contribution in [1.29, 1.82) is 0 Å². The van der Waals surface area contributed by atoms with Crippen molar-refractivity contribution in [3.05, 3.63) is 32.0 Å². The summed E-state index contributed by atoms with van der Waals surface area (Å²) in [5, 5.41) is 0. The van der Waals surface area contributed by atoms with Crippen LogP contribution < -0.4 is 0 Å². The van der Waals surface area contributed by atoms with Crippen LogP contribution in [0, 0.1) is 13.6 Å². The van der Waals surface area contributed by atoms with Crippen molar-refractivity contribution in [2.75, 3.05) is 0 Å². The smallest absolute Gasteiger partial charge is 0.108 e. The second-order valence-corrected chi connectivity index (χ2v) is 3.50. The minimum absolute atomic E-state index is 0. The Bertz CT molecular complexity index is 81.9. The molecule has 1 nitrogen and oxygen atoms in total. The zero-order chi connectivity index (χ0) is 6.24. The molecule has 0 radical (unpaired) electrons. The van der Waals surface area contributed by atoms with Crippen molar-refractivity contribution >= 4 is 19.4 Å². The fourth-order valence-corrected chi connectivity index (χ4v) is 0.241. The van der Waals surface area contributed by atoms with Crippen molar-refractivity contribution in [3.63, 3.8) is 0 Å². The average molecular weight is 253 g/mol. The molecule has 0 unspecified atom stereocenters. The molecule has 0 spiro atoms. The van der Waals surface area contributed by atoms with Crippen LogP contribution in [0.2, 0.25) is 0 Å². The predicted molar refractivity (Wildman–Crippen MR) is 37.7 cm³/mol. The third-order valence-electron chi connectivity index (χ3n) is 0.442.